The van der Waals surface area contributed by atoms with Crippen molar-refractivity contribution < 1.29 is 9.90 Å². The van der Waals surface area contributed by atoms with Gasteiger partial charge in [0.25, 0.3) is 0 Å². The number of halogens is 1. The number of hydrogen-bond donors (Lipinski definition) is 3. The summed E-state index contributed by atoms with van der Waals surface area (Å²) in [7, 11) is 0. The minimum absolute atomic E-state index is 0.00738. The van der Waals surface area contributed by atoms with E-state index >= 15 is 0 Å². The van der Waals surface area contributed by atoms with Crippen molar-refractivity contribution in [1.29, 1.82) is 0 Å². The molecule has 0 spiro atoms. The highest BCUT2D eigenvalue weighted by molar-refractivity contribution is 6.31. The maximum Gasteiger partial charge on any atom is 0.407 e. The Bertz CT molecular complexity index is 624. The SMILES string of the molecule is Nc1nc(N)c(C#CC2=CCN(C(=O)O)CC2)c(Cl)n1. The molecule has 1 aliphatic heterocycles. The van der Waals surface area contributed by atoms with E-state index in [4.69, 9.17) is 28.2 Å². The molecule has 0 saturated carbocycles. The van der Waals surface area contributed by atoms with E-state index in [9.17, 15) is 4.79 Å². The Balaban J connectivity index is 2.19. The maximum absolute atomic E-state index is 10.8. The van der Waals surface area contributed by atoms with E-state index in [-0.39, 0.29) is 16.9 Å². The minimum atomic E-state index is -0.938. The van der Waals surface area contributed by atoms with Crippen molar-refractivity contribution in [2.45, 2.75) is 6.42 Å². The molecule has 1 aromatic rings. The van der Waals surface area contributed by atoms with Gasteiger partial charge in [-0.1, -0.05) is 29.5 Å². The van der Waals surface area contributed by atoms with Crippen molar-refractivity contribution in [2.75, 3.05) is 24.6 Å². The van der Waals surface area contributed by atoms with Crippen LogP contribution in [0, 0.1) is 11.8 Å². The van der Waals surface area contributed by atoms with E-state index in [0.717, 1.165) is 5.57 Å². The summed E-state index contributed by atoms with van der Waals surface area (Å²) in [6, 6.07) is 0. The van der Waals surface area contributed by atoms with Gasteiger partial charge in [-0.15, -0.1) is 0 Å². The first-order valence-corrected chi connectivity index (χ1v) is 6.12. The Morgan fingerprint density at radius 1 is 1.40 bits per heavy atom. The summed E-state index contributed by atoms with van der Waals surface area (Å²) in [6.45, 7) is 0.734. The van der Waals surface area contributed by atoms with Gasteiger partial charge in [0.1, 0.15) is 11.4 Å². The van der Waals surface area contributed by atoms with E-state index < -0.39 is 6.09 Å². The highest BCUT2D eigenvalue weighted by Crippen LogP contribution is 2.18. The summed E-state index contributed by atoms with van der Waals surface area (Å²) in [6.07, 6.45) is 1.37. The molecule has 8 heteroatoms. The fourth-order valence-electron chi connectivity index (χ4n) is 1.68. The van der Waals surface area contributed by atoms with Crippen LogP contribution in [0.5, 0.6) is 0 Å². The minimum Gasteiger partial charge on any atom is -0.465 e. The highest BCUT2D eigenvalue weighted by Gasteiger charge is 2.15. The summed E-state index contributed by atoms with van der Waals surface area (Å²) in [5.74, 6) is 5.82. The number of carbonyl (C=O) groups is 1. The third-order valence-corrected chi connectivity index (χ3v) is 3.01. The van der Waals surface area contributed by atoms with E-state index in [1.807, 2.05) is 0 Å². The normalized spacial score (nSPS) is 14.2. The molecule has 2 heterocycles. The third-order valence-electron chi connectivity index (χ3n) is 2.74. The molecule has 0 aromatic carbocycles. The van der Waals surface area contributed by atoms with Gasteiger partial charge in [0, 0.05) is 18.7 Å². The van der Waals surface area contributed by atoms with Crippen LogP contribution in [0.1, 0.15) is 12.0 Å². The second-order valence-electron chi connectivity index (χ2n) is 4.09. The summed E-state index contributed by atoms with van der Waals surface area (Å²) >= 11 is 5.90. The smallest absolute Gasteiger partial charge is 0.407 e. The molecule has 0 bridgehead atoms. The first kappa shape index (κ1) is 14.0. The number of amides is 1. The van der Waals surface area contributed by atoms with Gasteiger partial charge in [0.05, 0.1) is 0 Å². The zero-order valence-corrected chi connectivity index (χ0v) is 11.2. The molecule has 20 heavy (non-hydrogen) atoms. The number of nitrogens with zero attached hydrogens (tertiary/aromatic N) is 3. The molecule has 2 rings (SSSR count). The molecule has 104 valence electrons. The fraction of sp³-hybridized carbons (Fsp3) is 0.250. The quantitative estimate of drug-likeness (QED) is 0.484. The first-order valence-electron chi connectivity index (χ1n) is 5.75. The van der Waals surface area contributed by atoms with Crippen LogP contribution in [0.4, 0.5) is 16.6 Å². The van der Waals surface area contributed by atoms with Gasteiger partial charge in [-0.2, -0.15) is 9.97 Å². The Hall–Kier alpha value is -2.46. The molecule has 5 N–H and O–H groups in total. The third kappa shape index (κ3) is 3.10. The van der Waals surface area contributed by atoms with Crippen LogP contribution < -0.4 is 11.5 Å². The lowest BCUT2D eigenvalue weighted by atomic mass is 10.1. The Labute approximate surface area is 120 Å². The Morgan fingerprint density at radius 3 is 2.70 bits per heavy atom. The van der Waals surface area contributed by atoms with E-state index in [2.05, 4.69) is 21.8 Å². The second-order valence-corrected chi connectivity index (χ2v) is 4.45. The first-order chi connectivity index (χ1) is 9.47. The number of nitrogen functional groups attached to an aromatic ring is 2. The van der Waals surface area contributed by atoms with E-state index in [1.54, 1.807) is 6.08 Å². The molecule has 0 saturated heterocycles. The van der Waals surface area contributed by atoms with Gasteiger partial charge in [0.2, 0.25) is 5.95 Å². The standard InChI is InChI=1S/C12H12ClN5O2/c13-9-8(10(14)17-11(15)16-9)2-1-7-3-5-18(6-4-7)12(19)20/h3H,4-6H2,(H,19,20)(H4,14,15,16,17). The number of rotatable bonds is 0. The van der Waals surface area contributed by atoms with Gasteiger partial charge in [-0.3, -0.25) is 0 Å². The van der Waals surface area contributed by atoms with E-state index in [1.165, 1.54) is 4.90 Å². The molecule has 0 aliphatic carbocycles. The van der Waals surface area contributed by atoms with Crippen LogP contribution in [0.15, 0.2) is 11.6 Å². The van der Waals surface area contributed by atoms with Gasteiger partial charge < -0.3 is 21.5 Å². The van der Waals surface area contributed by atoms with Crippen molar-refractivity contribution in [3.8, 4) is 11.8 Å². The number of anilines is 2. The van der Waals surface area contributed by atoms with Crippen LogP contribution in [-0.4, -0.2) is 39.2 Å². The molecule has 1 aliphatic rings. The lowest BCUT2D eigenvalue weighted by Gasteiger charge is -2.21. The largest absolute Gasteiger partial charge is 0.465 e. The molecule has 7 nitrogen and oxygen atoms in total. The average Bonchev–Trinajstić information content (AvgIpc) is 2.38. The maximum atomic E-state index is 10.8. The molecule has 0 unspecified atom stereocenters. The van der Waals surface area contributed by atoms with Crippen molar-refractivity contribution >= 4 is 29.5 Å². The van der Waals surface area contributed by atoms with Crippen molar-refractivity contribution in [3.05, 3.63) is 22.4 Å². The lowest BCUT2D eigenvalue weighted by Crippen LogP contribution is -2.33. The van der Waals surface area contributed by atoms with Crippen LogP contribution in [0.2, 0.25) is 5.15 Å². The zero-order valence-electron chi connectivity index (χ0n) is 10.4. The number of nitrogens with two attached hydrogens (primary N) is 2. The topological polar surface area (TPSA) is 118 Å². The van der Waals surface area contributed by atoms with Crippen LogP contribution >= 0.6 is 11.6 Å². The fourth-order valence-corrected chi connectivity index (χ4v) is 1.91. The van der Waals surface area contributed by atoms with Gasteiger partial charge in [-0.25, -0.2) is 4.79 Å². The molecule has 0 atom stereocenters. The summed E-state index contributed by atoms with van der Waals surface area (Å²) in [5.41, 5.74) is 12.2. The molecule has 1 aromatic heterocycles. The average molecular weight is 294 g/mol. The summed E-state index contributed by atoms with van der Waals surface area (Å²) in [5, 5.41) is 8.93. The summed E-state index contributed by atoms with van der Waals surface area (Å²) < 4.78 is 0. The van der Waals surface area contributed by atoms with E-state index in [0.29, 0.717) is 25.1 Å². The molecule has 0 fully saturated rings. The zero-order chi connectivity index (χ0) is 14.7. The van der Waals surface area contributed by atoms with Gasteiger partial charge in [0.15, 0.2) is 5.15 Å². The molecular formula is C12H12ClN5O2. The van der Waals surface area contributed by atoms with Gasteiger partial charge >= 0.3 is 6.09 Å². The highest BCUT2D eigenvalue weighted by atomic mass is 35.5. The monoisotopic (exact) mass is 293 g/mol. The molecular weight excluding hydrogens is 282 g/mol. The van der Waals surface area contributed by atoms with Crippen LogP contribution in [0.25, 0.3) is 0 Å². The summed E-state index contributed by atoms with van der Waals surface area (Å²) in [4.78, 5) is 19.6. The van der Waals surface area contributed by atoms with Crippen molar-refractivity contribution in [3.63, 3.8) is 0 Å². The number of carboxylic acid groups (broad SMARTS) is 1. The number of aromatic nitrogens is 2. The molecule has 1 amide bonds. The molecule has 0 radical (unpaired) electrons. The van der Waals surface area contributed by atoms with Crippen LogP contribution in [0.3, 0.4) is 0 Å². The second kappa shape index (κ2) is 5.67. The lowest BCUT2D eigenvalue weighted by molar-refractivity contribution is 0.149. The van der Waals surface area contributed by atoms with Crippen molar-refractivity contribution in [1.82, 2.24) is 14.9 Å². The predicted molar refractivity (Wildman–Crippen MR) is 75.0 cm³/mol. The number of hydrogen-bond acceptors (Lipinski definition) is 5. The Kier molecular flexibility index (Phi) is 3.96. The predicted octanol–water partition coefficient (Wildman–Crippen LogP) is 0.956. The Morgan fingerprint density at radius 2 is 2.15 bits per heavy atom. The van der Waals surface area contributed by atoms with Gasteiger partial charge in [-0.05, 0) is 6.42 Å². The van der Waals surface area contributed by atoms with Crippen LogP contribution in [-0.2, 0) is 0 Å². The van der Waals surface area contributed by atoms with Crippen molar-refractivity contribution in [2.24, 2.45) is 0 Å².